The molecule has 0 spiro atoms. The van der Waals surface area contributed by atoms with Crippen LogP contribution in [0.15, 0.2) is 42.6 Å². The highest BCUT2D eigenvalue weighted by Gasteiger charge is 2.46. The van der Waals surface area contributed by atoms with E-state index in [1.54, 1.807) is 19.1 Å². The fraction of sp³-hybridized carbons (Fsp3) is 0.400. The van der Waals surface area contributed by atoms with Gasteiger partial charge in [-0.3, -0.25) is 9.30 Å². The summed E-state index contributed by atoms with van der Waals surface area (Å²) in [7, 11) is 1.53. The van der Waals surface area contributed by atoms with Crippen molar-refractivity contribution in [1.29, 1.82) is 0 Å². The van der Waals surface area contributed by atoms with Gasteiger partial charge in [0, 0.05) is 43.9 Å². The number of methoxy groups -OCH3 is 1. The summed E-state index contributed by atoms with van der Waals surface area (Å²) in [6.45, 7) is 2.48. The Bertz CT molecular complexity index is 1430. The van der Waals surface area contributed by atoms with E-state index in [2.05, 4.69) is 15.2 Å². The Morgan fingerprint density at radius 3 is 2.68 bits per heavy atom. The maximum atomic E-state index is 14.2. The van der Waals surface area contributed by atoms with E-state index in [0.29, 0.717) is 28.7 Å². The molecule has 0 aliphatic carbocycles. The quantitative estimate of drug-likeness (QED) is 0.368. The van der Waals surface area contributed by atoms with Gasteiger partial charge in [-0.2, -0.15) is 13.2 Å². The van der Waals surface area contributed by atoms with Gasteiger partial charge in [-0.25, -0.2) is 9.37 Å². The average molecular weight is 519 g/mol. The van der Waals surface area contributed by atoms with Gasteiger partial charge in [0.25, 0.3) is 0 Å². The van der Waals surface area contributed by atoms with Crippen molar-refractivity contribution in [3.8, 4) is 17.3 Å². The van der Waals surface area contributed by atoms with Crippen LogP contribution in [0.25, 0.3) is 28.1 Å². The van der Waals surface area contributed by atoms with Crippen molar-refractivity contribution in [3.63, 3.8) is 0 Å². The number of halogens is 4. The second-order valence-electron chi connectivity index (χ2n) is 9.26. The molecule has 5 rings (SSSR count). The van der Waals surface area contributed by atoms with Crippen molar-refractivity contribution in [3.05, 3.63) is 54.0 Å². The van der Waals surface area contributed by atoms with Gasteiger partial charge in [-0.1, -0.05) is 12.1 Å². The minimum absolute atomic E-state index is 0.0513. The average Bonchev–Trinajstić information content (AvgIpc) is 3.44. The second kappa shape index (κ2) is 9.84. The van der Waals surface area contributed by atoms with E-state index in [0.717, 1.165) is 0 Å². The maximum Gasteiger partial charge on any atom is 0.408 e. The smallest absolute Gasteiger partial charge is 0.408 e. The summed E-state index contributed by atoms with van der Waals surface area (Å²) in [5.74, 6) is -0.0181. The summed E-state index contributed by atoms with van der Waals surface area (Å²) < 4.78 is 69.1. The monoisotopic (exact) mass is 518 g/mol. The highest BCUT2D eigenvalue weighted by atomic mass is 19.4. The van der Waals surface area contributed by atoms with E-state index in [-0.39, 0.29) is 49.0 Å². The topological polar surface area (TPSA) is 90.8 Å². The standard InChI is InChI=1S/C25H26F4N6O2/c1-14(13-36-2)37-20-10-17(26)9-15-3-5-19(31-22(15)20)24-33-32-21-6-4-16(11-35(21)24)23(25(27,28)29)34-8-7-18(30)12-34/h3-6,9-11,14,18,23H,7-8,12-13,30H2,1-2H3. The number of nitrogens with two attached hydrogens (primary N) is 1. The molecule has 1 aliphatic rings. The number of pyridine rings is 2. The Morgan fingerprint density at radius 1 is 1.16 bits per heavy atom. The molecule has 1 aromatic carbocycles. The highest BCUT2D eigenvalue weighted by Crippen LogP contribution is 2.39. The first-order valence-electron chi connectivity index (χ1n) is 11.8. The Morgan fingerprint density at radius 2 is 1.97 bits per heavy atom. The Hall–Kier alpha value is -3.35. The van der Waals surface area contributed by atoms with Crippen LogP contribution in [0.5, 0.6) is 5.75 Å². The molecular weight excluding hydrogens is 492 g/mol. The number of hydrogen-bond donors (Lipinski definition) is 1. The molecule has 12 heteroatoms. The molecule has 37 heavy (non-hydrogen) atoms. The summed E-state index contributed by atoms with van der Waals surface area (Å²) in [6, 6.07) is 6.64. The van der Waals surface area contributed by atoms with Gasteiger partial charge in [-0.15, -0.1) is 10.2 Å². The molecular formula is C25H26F4N6O2. The lowest BCUT2D eigenvalue weighted by atomic mass is 10.1. The number of rotatable bonds is 7. The molecule has 2 N–H and O–H groups in total. The zero-order valence-corrected chi connectivity index (χ0v) is 20.2. The number of likely N-dealkylation sites (tertiary alicyclic amines) is 1. The molecule has 8 nitrogen and oxygen atoms in total. The van der Waals surface area contributed by atoms with Gasteiger partial charge in [0.1, 0.15) is 34.9 Å². The molecule has 0 amide bonds. The van der Waals surface area contributed by atoms with Crippen molar-refractivity contribution in [2.45, 2.75) is 37.7 Å². The molecule has 4 aromatic rings. The molecule has 1 aliphatic heterocycles. The molecule has 3 aromatic heterocycles. The van der Waals surface area contributed by atoms with Crippen LogP contribution in [-0.2, 0) is 4.74 Å². The van der Waals surface area contributed by atoms with Gasteiger partial charge >= 0.3 is 6.18 Å². The molecule has 0 saturated carbocycles. The molecule has 1 fully saturated rings. The summed E-state index contributed by atoms with van der Waals surface area (Å²) in [4.78, 5) is 5.98. The highest BCUT2D eigenvalue weighted by molar-refractivity contribution is 5.86. The fourth-order valence-electron chi connectivity index (χ4n) is 4.77. The second-order valence-corrected chi connectivity index (χ2v) is 9.26. The van der Waals surface area contributed by atoms with Crippen LogP contribution in [0.4, 0.5) is 17.6 Å². The minimum Gasteiger partial charge on any atom is -0.486 e. The zero-order valence-electron chi connectivity index (χ0n) is 20.2. The number of fused-ring (bicyclic) bond motifs is 2. The summed E-state index contributed by atoms with van der Waals surface area (Å²) in [5.41, 5.74) is 7.04. The third kappa shape index (κ3) is 5.09. The Labute approximate surface area is 210 Å². The number of benzene rings is 1. The normalized spacial score (nSPS) is 18.5. The van der Waals surface area contributed by atoms with E-state index >= 15 is 0 Å². The fourth-order valence-corrected chi connectivity index (χ4v) is 4.77. The third-order valence-electron chi connectivity index (χ3n) is 6.35. The summed E-state index contributed by atoms with van der Waals surface area (Å²) >= 11 is 0. The van der Waals surface area contributed by atoms with E-state index < -0.39 is 18.0 Å². The van der Waals surface area contributed by atoms with Crippen LogP contribution < -0.4 is 10.5 Å². The van der Waals surface area contributed by atoms with Crippen LogP contribution in [0, 0.1) is 5.82 Å². The molecule has 4 heterocycles. The molecule has 0 radical (unpaired) electrons. The van der Waals surface area contributed by atoms with Crippen LogP contribution in [0.1, 0.15) is 24.9 Å². The van der Waals surface area contributed by atoms with E-state index in [9.17, 15) is 17.6 Å². The van der Waals surface area contributed by atoms with Crippen LogP contribution in [-0.4, -0.2) is 69.6 Å². The van der Waals surface area contributed by atoms with Crippen molar-refractivity contribution in [1.82, 2.24) is 24.5 Å². The van der Waals surface area contributed by atoms with Gasteiger partial charge in [0.2, 0.25) is 0 Å². The number of ether oxygens (including phenoxy) is 2. The Balaban J connectivity index is 1.58. The maximum absolute atomic E-state index is 14.2. The van der Waals surface area contributed by atoms with Crippen molar-refractivity contribution < 1.29 is 27.0 Å². The van der Waals surface area contributed by atoms with E-state index in [4.69, 9.17) is 15.2 Å². The minimum atomic E-state index is -4.50. The molecule has 0 bridgehead atoms. The lowest BCUT2D eigenvalue weighted by Gasteiger charge is -2.30. The van der Waals surface area contributed by atoms with Crippen molar-refractivity contribution >= 4 is 16.6 Å². The zero-order chi connectivity index (χ0) is 26.3. The van der Waals surface area contributed by atoms with E-state index in [1.165, 1.54) is 46.9 Å². The molecule has 1 saturated heterocycles. The predicted molar refractivity (Wildman–Crippen MR) is 129 cm³/mol. The predicted octanol–water partition coefficient (Wildman–Crippen LogP) is 4.13. The third-order valence-corrected chi connectivity index (χ3v) is 6.35. The van der Waals surface area contributed by atoms with Crippen LogP contribution in [0.3, 0.4) is 0 Å². The molecule has 196 valence electrons. The van der Waals surface area contributed by atoms with Crippen molar-refractivity contribution in [2.75, 3.05) is 26.8 Å². The lowest BCUT2D eigenvalue weighted by Crippen LogP contribution is -2.38. The number of aromatic nitrogens is 4. The molecule has 3 unspecified atom stereocenters. The summed E-state index contributed by atoms with van der Waals surface area (Å²) in [5, 5.41) is 8.79. The van der Waals surface area contributed by atoms with Crippen LogP contribution >= 0.6 is 0 Å². The van der Waals surface area contributed by atoms with Gasteiger partial charge < -0.3 is 15.2 Å². The van der Waals surface area contributed by atoms with Crippen LogP contribution in [0.2, 0.25) is 0 Å². The first-order chi connectivity index (χ1) is 17.6. The largest absolute Gasteiger partial charge is 0.486 e. The van der Waals surface area contributed by atoms with Crippen molar-refractivity contribution in [2.24, 2.45) is 5.73 Å². The first-order valence-corrected chi connectivity index (χ1v) is 11.8. The number of nitrogens with zero attached hydrogens (tertiary/aromatic N) is 5. The van der Waals surface area contributed by atoms with Gasteiger partial charge in [0.15, 0.2) is 11.5 Å². The Kier molecular flexibility index (Phi) is 6.73. The number of hydrogen-bond acceptors (Lipinski definition) is 7. The SMILES string of the molecule is COCC(C)Oc1cc(F)cc2ccc(-c3nnc4ccc(C(N5CCC(N)C5)C(F)(F)F)cn34)nc12. The first kappa shape index (κ1) is 25.3. The number of alkyl halides is 3. The van der Waals surface area contributed by atoms with E-state index in [1.807, 2.05) is 0 Å². The molecule has 3 atom stereocenters. The van der Waals surface area contributed by atoms with Gasteiger partial charge in [0.05, 0.1) is 6.61 Å². The lowest BCUT2D eigenvalue weighted by molar-refractivity contribution is -0.183. The van der Waals surface area contributed by atoms with Gasteiger partial charge in [-0.05, 0) is 37.1 Å². The summed E-state index contributed by atoms with van der Waals surface area (Å²) in [6.07, 6.45) is -2.97.